The fourth-order valence-electron chi connectivity index (χ4n) is 1.87. The minimum absolute atomic E-state index is 0.118. The summed E-state index contributed by atoms with van der Waals surface area (Å²) in [6.45, 7) is 0.130. The molecule has 1 atom stereocenters. The third-order valence-corrected chi connectivity index (χ3v) is 4.32. The molecule has 0 aliphatic carbocycles. The highest BCUT2D eigenvalue weighted by molar-refractivity contribution is 7.84. The predicted molar refractivity (Wildman–Crippen MR) is 77.4 cm³/mol. The van der Waals surface area contributed by atoms with Crippen LogP contribution >= 0.6 is 0 Å². The number of rotatable bonds is 5. The van der Waals surface area contributed by atoms with Crippen LogP contribution in [0.2, 0.25) is 0 Å². The fraction of sp³-hybridized carbons (Fsp3) is 0.200. The van der Waals surface area contributed by atoms with E-state index < -0.39 is 10.8 Å². The third-order valence-electron chi connectivity index (χ3n) is 2.97. The molecule has 0 bridgehead atoms. The summed E-state index contributed by atoms with van der Waals surface area (Å²) in [5, 5.41) is 0. The number of benzene rings is 2. The standard InChI is InChI=1S/C15H16FNO2S/c1-19-13-6-3-7-14(8-13)20(18)10-12-5-2-4-11(9-17)15(12)16/h2-8H,9-10,17H2,1H3. The van der Waals surface area contributed by atoms with Gasteiger partial charge in [0.1, 0.15) is 11.6 Å². The first-order valence-electron chi connectivity index (χ1n) is 6.14. The van der Waals surface area contributed by atoms with Crippen LogP contribution in [0.15, 0.2) is 47.4 Å². The number of hydrogen-bond acceptors (Lipinski definition) is 3. The summed E-state index contributed by atoms with van der Waals surface area (Å²) >= 11 is 0. The molecular formula is C15H16FNO2S. The zero-order valence-electron chi connectivity index (χ0n) is 11.1. The summed E-state index contributed by atoms with van der Waals surface area (Å²) in [5.74, 6) is 0.380. The van der Waals surface area contributed by atoms with Gasteiger partial charge < -0.3 is 10.5 Å². The monoisotopic (exact) mass is 293 g/mol. The molecule has 2 N–H and O–H groups in total. The molecule has 2 rings (SSSR count). The van der Waals surface area contributed by atoms with Gasteiger partial charge in [0.2, 0.25) is 0 Å². The van der Waals surface area contributed by atoms with Crippen LogP contribution < -0.4 is 10.5 Å². The Morgan fingerprint density at radius 3 is 2.60 bits per heavy atom. The van der Waals surface area contributed by atoms with Gasteiger partial charge in [-0.15, -0.1) is 0 Å². The lowest BCUT2D eigenvalue weighted by Crippen LogP contribution is -2.05. The van der Waals surface area contributed by atoms with Crippen LogP contribution in [0.4, 0.5) is 4.39 Å². The molecule has 106 valence electrons. The van der Waals surface area contributed by atoms with Crippen molar-refractivity contribution in [2.24, 2.45) is 5.73 Å². The quantitative estimate of drug-likeness (QED) is 0.922. The molecule has 0 radical (unpaired) electrons. The molecule has 1 unspecified atom stereocenters. The molecule has 0 spiro atoms. The van der Waals surface area contributed by atoms with E-state index in [4.69, 9.17) is 10.5 Å². The predicted octanol–water partition coefficient (Wildman–Crippen LogP) is 2.60. The maximum atomic E-state index is 14.1. The molecule has 2 aromatic rings. The van der Waals surface area contributed by atoms with E-state index >= 15 is 0 Å². The highest BCUT2D eigenvalue weighted by atomic mass is 32.2. The lowest BCUT2D eigenvalue weighted by molar-refractivity contribution is 0.413. The van der Waals surface area contributed by atoms with Gasteiger partial charge in [-0.2, -0.15) is 0 Å². The molecule has 0 saturated heterocycles. The molecule has 0 aliphatic heterocycles. The maximum absolute atomic E-state index is 14.1. The molecule has 0 aliphatic rings. The molecule has 2 aromatic carbocycles. The number of ether oxygens (including phenoxy) is 1. The molecule has 0 aromatic heterocycles. The van der Waals surface area contributed by atoms with Crippen molar-refractivity contribution in [1.29, 1.82) is 0 Å². The van der Waals surface area contributed by atoms with Gasteiger partial charge >= 0.3 is 0 Å². The van der Waals surface area contributed by atoms with Gasteiger partial charge in [-0.05, 0) is 18.2 Å². The topological polar surface area (TPSA) is 52.3 Å². The summed E-state index contributed by atoms with van der Waals surface area (Å²) < 4.78 is 31.4. The van der Waals surface area contributed by atoms with Crippen LogP contribution in [0.1, 0.15) is 11.1 Å². The van der Waals surface area contributed by atoms with Crippen LogP contribution in [0.3, 0.4) is 0 Å². The van der Waals surface area contributed by atoms with Gasteiger partial charge in [0, 0.05) is 22.6 Å². The van der Waals surface area contributed by atoms with Gasteiger partial charge in [-0.1, -0.05) is 24.3 Å². The van der Waals surface area contributed by atoms with E-state index in [1.165, 1.54) is 0 Å². The van der Waals surface area contributed by atoms with Crippen molar-refractivity contribution in [3.05, 3.63) is 59.4 Å². The Balaban J connectivity index is 2.23. The fourth-order valence-corrected chi connectivity index (χ4v) is 3.02. The van der Waals surface area contributed by atoms with Crippen molar-refractivity contribution in [3.63, 3.8) is 0 Å². The number of methoxy groups -OCH3 is 1. The van der Waals surface area contributed by atoms with E-state index in [1.54, 1.807) is 49.6 Å². The molecule has 5 heteroatoms. The van der Waals surface area contributed by atoms with Crippen molar-refractivity contribution in [3.8, 4) is 5.75 Å². The van der Waals surface area contributed by atoms with Crippen LogP contribution in [0, 0.1) is 5.82 Å². The normalized spacial score (nSPS) is 12.2. The largest absolute Gasteiger partial charge is 0.497 e. The first-order valence-corrected chi connectivity index (χ1v) is 7.46. The van der Waals surface area contributed by atoms with Crippen molar-refractivity contribution in [1.82, 2.24) is 0 Å². The lowest BCUT2D eigenvalue weighted by atomic mass is 10.1. The Kier molecular flexibility index (Phi) is 4.87. The van der Waals surface area contributed by atoms with Crippen molar-refractivity contribution < 1.29 is 13.3 Å². The second kappa shape index (κ2) is 6.63. The van der Waals surface area contributed by atoms with Gasteiger partial charge in [-0.3, -0.25) is 4.21 Å². The number of nitrogens with two attached hydrogens (primary N) is 1. The van der Waals surface area contributed by atoms with Gasteiger partial charge in [-0.25, -0.2) is 4.39 Å². The Morgan fingerprint density at radius 1 is 1.20 bits per heavy atom. The average molecular weight is 293 g/mol. The van der Waals surface area contributed by atoms with E-state index in [0.29, 0.717) is 21.8 Å². The van der Waals surface area contributed by atoms with Crippen molar-refractivity contribution in [2.45, 2.75) is 17.2 Å². The highest BCUT2D eigenvalue weighted by Gasteiger charge is 2.12. The zero-order chi connectivity index (χ0) is 14.5. The molecule has 0 saturated carbocycles. The SMILES string of the molecule is COc1cccc(S(=O)Cc2cccc(CN)c2F)c1. The molecular weight excluding hydrogens is 277 g/mol. The first-order chi connectivity index (χ1) is 9.65. The minimum Gasteiger partial charge on any atom is -0.497 e. The Labute approximate surface area is 120 Å². The average Bonchev–Trinajstić information content (AvgIpc) is 2.49. The Bertz CT molecular complexity index is 631. The van der Waals surface area contributed by atoms with Gasteiger partial charge in [0.15, 0.2) is 0 Å². The number of halogens is 1. The molecule has 0 heterocycles. The van der Waals surface area contributed by atoms with Crippen LogP contribution in [-0.4, -0.2) is 11.3 Å². The molecule has 20 heavy (non-hydrogen) atoms. The third kappa shape index (κ3) is 3.23. The molecule has 3 nitrogen and oxygen atoms in total. The smallest absolute Gasteiger partial charge is 0.131 e. The van der Waals surface area contributed by atoms with Crippen LogP contribution in [-0.2, 0) is 23.1 Å². The summed E-state index contributed by atoms with van der Waals surface area (Å²) in [6.07, 6.45) is 0. The Morgan fingerprint density at radius 2 is 1.90 bits per heavy atom. The van der Waals surface area contributed by atoms with E-state index in [9.17, 15) is 8.60 Å². The lowest BCUT2D eigenvalue weighted by Gasteiger charge is -2.08. The molecule has 0 amide bonds. The van der Waals surface area contributed by atoms with E-state index in [1.807, 2.05) is 0 Å². The van der Waals surface area contributed by atoms with Gasteiger partial charge in [0.25, 0.3) is 0 Å². The Hall–Kier alpha value is -1.72. The van der Waals surface area contributed by atoms with Crippen molar-refractivity contribution >= 4 is 10.8 Å². The summed E-state index contributed by atoms with van der Waals surface area (Å²) in [4.78, 5) is 0.613. The number of hydrogen-bond donors (Lipinski definition) is 1. The second-order valence-electron chi connectivity index (χ2n) is 4.26. The van der Waals surface area contributed by atoms with Crippen molar-refractivity contribution in [2.75, 3.05) is 7.11 Å². The highest BCUT2D eigenvalue weighted by Crippen LogP contribution is 2.20. The van der Waals surface area contributed by atoms with Crippen LogP contribution in [0.5, 0.6) is 5.75 Å². The summed E-state index contributed by atoms with van der Waals surface area (Å²) in [7, 11) is 0.220. The van der Waals surface area contributed by atoms with Gasteiger partial charge in [0.05, 0.1) is 23.7 Å². The van der Waals surface area contributed by atoms with E-state index in [0.717, 1.165) is 0 Å². The maximum Gasteiger partial charge on any atom is 0.131 e. The minimum atomic E-state index is -1.33. The second-order valence-corrected chi connectivity index (χ2v) is 5.71. The first kappa shape index (κ1) is 14.7. The summed E-state index contributed by atoms with van der Waals surface area (Å²) in [5.41, 5.74) is 6.31. The molecule has 0 fully saturated rings. The zero-order valence-corrected chi connectivity index (χ0v) is 12.0. The van der Waals surface area contributed by atoms with E-state index in [2.05, 4.69) is 0 Å². The van der Waals surface area contributed by atoms with E-state index in [-0.39, 0.29) is 18.1 Å². The van der Waals surface area contributed by atoms with Crippen LogP contribution in [0.25, 0.3) is 0 Å². The summed E-state index contributed by atoms with van der Waals surface area (Å²) in [6, 6.07) is 12.0.